The van der Waals surface area contributed by atoms with Crippen LogP contribution in [-0.4, -0.2) is 75.2 Å². The lowest BCUT2D eigenvalue weighted by Crippen LogP contribution is -2.41. The Morgan fingerprint density at radius 2 is 1.94 bits per heavy atom. The lowest BCUT2D eigenvalue weighted by atomic mass is 9.77. The number of aromatic nitrogens is 3. The van der Waals surface area contributed by atoms with E-state index in [2.05, 4.69) is 55.6 Å². The van der Waals surface area contributed by atoms with Crippen LogP contribution in [0.1, 0.15) is 48.7 Å². The largest absolute Gasteiger partial charge is 0.395 e. The van der Waals surface area contributed by atoms with Gasteiger partial charge in [-0.15, -0.1) is 0 Å². The van der Waals surface area contributed by atoms with Crippen LogP contribution < -0.4 is 4.90 Å². The molecule has 2 aliphatic heterocycles. The predicted octanol–water partition coefficient (Wildman–Crippen LogP) is 3.13. The minimum absolute atomic E-state index is 0.235. The topological polar surface area (TPSA) is 60.1 Å². The quantitative estimate of drug-likeness (QED) is 0.631. The average molecular weight is 461 g/mol. The van der Waals surface area contributed by atoms with Crippen LogP contribution >= 0.6 is 0 Å². The first-order chi connectivity index (χ1) is 16.8. The van der Waals surface area contributed by atoms with Crippen molar-refractivity contribution in [2.24, 2.45) is 5.92 Å². The Morgan fingerprint density at radius 3 is 2.88 bits per heavy atom. The Bertz CT molecular complexity index is 1130. The zero-order chi connectivity index (χ0) is 22.9. The summed E-state index contributed by atoms with van der Waals surface area (Å²) in [6.45, 7) is 7.05. The third kappa shape index (κ3) is 4.21. The van der Waals surface area contributed by atoms with Crippen LogP contribution in [0.5, 0.6) is 0 Å². The van der Waals surface area contributed by atoms with E-state index in [1.807, 2.05) is 6.20 Å². The molecule has 5 heterocycles. The molecule has 3 aromatic rings. The SMILES string of the molecule is OCCN1CCCN(c2cccc3nc(CN4CCC[C@H]5CCc6cccnc6[C@H]54)cn23)CC1. The lowest BCUT2D eigenvalue weighted by Gasteiger charge is -2.44. The highest BCUT2D eigenvalue weighted by atomic mass is 16.3. The monoisotopic (exact) mass is 460 g/mol. The first-order valence-electron chi connectivity index (χ1n) is 13.0. The fraction of sp³-hybridized carbons (Fsp3) is 0.556. The molecule has 6 rings (SSSR count). The molecule has 2 fully saturated rings. The molecule has 2 saturated heterocycles. The second-order valence-corrected chi connectivity index (χ2v) is 10.2. The summed E-state index contributed by atoms with van der Waals surface area (Å²) >= 11 is 0. The van der Waals surface area contributed by atoms with Gasteiger partial charge in [0.05, 0.1) is 24.0 Å². The van der Waals surface area contributed by atoms with Gasteiger partial charge >= 0.3 is 0 Å². The fourth-order valence-electron chi connectivity index (χ4n) is 6.45. The molecule has 0 aromatic carbocycles. The van der Waals surface area contributed by atoms with Crippen molar-refractivity contribution >= 4 is 11.5 Å². The Kier molecular flexibility index (Phi) is 6.24. The normalized spacial score (nSPS) is 24.1. The Balaban J connectivity index is 1.25. The Morgan fingerprint density at radius 1 is 0.971 bits per heavy atom. The highest BCUT2D eigenvalue weighted by Crippen LogP contribution is 2.43. The molecular weight excluding hydrogens is 424 g/mol. The number of hydrogen-bond donors (Lipinski definition) is 1. The highest BCUT2D eigenvalue weighted by Gasteiger charge is 2.37. The van der Waals surface area contributed by atoms with Gasteiger partial charge in [0.25, 0.3) is 0 Å². The van der Waals surface area contributed by atoms with Crippen LogP contribution in [0.25, 0.3) is 5.65 Å². The number of anilines is 1. The number of aliphatic hydroxyl groups is 1. The summed E-state index contributed by atoms with van der Waals surface area (Å²) in [6, 6.07) is 11.3. The number of rotatable bonds is 5. The van der Waals surface area contributed by atoms with E-state index >= 15 is 0 Å². The molecule has 7 heteroatoms. The number of nitrogens with zero attached hydrogens (tertiary/aromatic N) is 6. The summed E-state index contributed by atoms with van der Waals surface area (Å²) in [5.41, 5.74) is 4.91. The van der Waals surface area contributed by atoms with E-state index in [0.29, 0.717) is 12.0 Å². The summed E-state index contributed by atoms with van der Waals surface area (Å²) in [7, 11) is 0. The van der Waals surface area contributed by atoms with E-state index in [-0.39, 0.29) is 6.61 Å². The van der Waals surface area contributed by atoms with Gasteiger partial charge in [0, 0.05) is 45.1 Å². The predicted molar refractivity (Wildman–Crippen MR) is 134 cm³/mol. The van der Waals surface area contributed by atoms with Crippen molar-refractivity contribution in [3.63, 3.8) is 0 Å². The zero-order valence-electron chi connectivity index (χ0n) is 20.0. The van der Waals surface area contributed by atoms with Gasteiger partial charge in [-0.25, -0.2) is 4.98 Å². The molecule has 0 bridgehead atoms. The van der Waals surface area contributed by atoms with Gasteiger partial charge in [-0.1, -0.05) is 12.1 Å². The summed E-state index contributed by atoms with van der Waals surface area (Å²) < 4.78 is 2.28. The molecule has 2 atom stereocenters. The molecule has 0 radical (unpaired) electrons. The zero-order valence-corrected chi connectivity index (χ0v) is 20.0. The molecule has 1 aliphatic carbocycles. The van der Waals surface area contributed by atoms with E-state index in [9.17, 15) is 5.11 Å². The smallest absolute Gasteiger partial charge is 0.138 e. The summed E-state index contributed by atoms with van der Waals surface area (Å²) in [6.07, 6.45) is 10.4. The van der Waals surface area contributed by atoms with Crippen LogP contribution in [-0.2, 0) is 13.0 Å². The van der Waals surface area contributed by atoms with E-state index in [4.69, 9.17) is 9.97 Å². The van der Waals surface area contributed by atoms with E-state index in [0.717, 1.165) is 63.6 Å². The van der Waals surface area contributed by atoms with Crippen LogP contribution in [0.3, 0.4) is 0 Å². The van der Waals surface area contributed by atoms with E-state index in [1.165, 1.54) is 42.8 Å². The summed E-state index contributed by atoms with van der Waals surface area (Å²) in [5.74, 6) is 1.94. The standard InChI is InChI=1S/C27H36N6O/c34-18-17-30-12-4-14-31(16-15-30)25-8-1-7-24-29-23(20-33(24)25)19-32-13-3-6-22-10-9-21-5-2-11-28-26(21)27(22)32/h1-2,5,7-8,11,20,22,27,34H,3-4,6,9-10,12-19H2/t22-,27-/m0/s1. The first kappa shape index (κ1) is 22.0. The minimum atomic E-state index is 0.235. The van der Waals surface area contributed by atoms with E-state index < -0.39 is 0 Å². The van der Waals surface area contributed by atoms with Crippen molar-refractivity contribution in [2.75, 3.05) is 50.8 Å². The third-order valence-corrected chi connectivity index (χ3v) is 8.07. The Labute approximate surface area is 202 Å². The molecule has 180 valence electrons. The minimum Gasteiger partial charge on any atom is -0.395 e. The van der Waals surface area contributed by atoms with Crippen LogP contribution in [0.4, 0.5) is 5.82 Å². The maximum atomic E-state index is 9.32. The van der Waals surface area contributed by atoms with Crippen LogP contribution in [0, 0.1) is 5.92 Å². The maximum absolute atomic E-state index is 9.32. The number of aryl methyl sites for hydroxylation is 1. The van der Waals surface area contributed by atoms with Gasteiger partial charge in [0.2, 0.25) is 0 Å². The van der Waals surface area contributed by atoms with Gasteiger partial charge in [-0.3, -0.25) is 19.2 Å². The van der Waals surface area contributed by atoms with Gasteiger partial charge < -0.3 is 10.0 Å². The van der Waals surface area contributed by atoms with Gasteiger partial charge in [-0.2, -0.15) is 0 Å². The molecular formula is C27H36N6O. The maximum Gasteiger partial charge on any atom is 0.138 e. The number of fused-ring (bicyclic) bond motifs is 4. The van der Waals surface area contributed by atoms with Gasteiger partial charge in [0.15, 0.2) is 0 Å². The third-order valence-electron chi connectivity index (χ3n) is 8.07. The van der Waals surface area contributed by atoms with Gasteiger partial charge in [-0.05, 0) is 74.9 Å². The van der Waals surface area contributed by atoms with E-state index in [1.54, 1.807) is 0 Å². The molecule has 0 unspecified atom stereocenters. The molecule has 1 N–H and O–H groups in total. The molecule has 7 nitrogen and oxygen atoms in total. The molecule has 0 saturated carbocycles. The number of pyridine rings is 2. The number of hydrogen-bond acceptors (Lipinski definition) is 6. The molecule has 0 spiro atoms. The highest BCUT2D eigenvalue weighted by molar-refractivity contribution is 5.52. The summed E-state index contributed by atoms with van der Waals surface area (Å²) in [4.78, 5) is 17.4. The number of aliphatic hydroxyl groups excluding tert-OH is 1. The average Bonchev–Trinajstić information content (AvgIpc) is 3.14. The molecule has 3 aliphatic rings. The lowest BCUT2D eigenvalue weighted by molar-refractivity contribution is 0.0687. The van der Waals surface area contributed by atoms with Crippen molar-refractivity contribution in [1.82, 2.24) is 24.2 Å². The number of piperidine rings is 1. The van der Waals surface area contributed by atoms with Crippen molar-refractivity contribution in [1.29, 1.82) is 0 Å². The second-order valence-electron chi connectivity index (χ2n) is 10.2. The second kappa shape index (κ2) is 9.64. The van der Waals surface area contributed by atoms with Crippen molar-refractivity contribution in [3.05, 3.63) is 59.7 Å². The molecule has 3 aromatic heterocycles. The number of β-amino-alcohol motifs (C(OH)–C–C–N with tert-alkyl or cyclic N) is 1. The van der Waals surface area contributed by atoms with Gasteiger partial charge in [0.1, 0.15) is 11.5 Å². The van der Waals surface area contributed by atoms with Crippen molar-refractivity contribution in [3.8, 4) is 0 Å². The molecule has 34 heavy (non-hydrogen) atoms. The fourth-order valence-corrected chi connectivity index (χ4v) is 6.45. The van der Waals surface area contributed by atoms with Crippen molar-refractivity contribution < 1.29 is 5.11 Å². The van der Waals surface area contributed by atoms with Crippen LogP contribution in [0.2, 0.25) is 0 Å². The summed E-state index contributed by atoms with van der Waals surface area (Å²) in [5, 5.41) is 9.32. The molecule has 0 amide bonds. The Hall–Kier alpha value is -2.48. The number of imidazole rings is 1. The van der Waals surface area contributed by atoms with Crippen LogP contribution in [0.15, 0.2) is 42.7 Å². The van der Waals surface area contributed by atoms with Crippen molar-refractivity contribution in [2.45, 2.75) is 44.7 Å². The first-order valence-corrected chi connectivity index (χ1v) is 13.0. The number of likely N-dealkylation sites (tertiary alicyclic amines) is 1.